The lowest BCUT2D eigenvalue weighted by Crippen LogP contribution is -2.36. The Balaban J connectivity index is 3.12. The van der Waals surface area contributed by atoms with Gasteiger partial charge in [-0.05, 0) is 38.7 Å². The average molecular weight is 309 g/mol. The van der Waals surface area contributed by atoms with Crippen LogP contribution in [0.4, 0.5) is 4.39 Å². The molecule has 0 bridgehead atoms. The molecule has 0 spiro atoms. The molecule has 22 heavy (non-hydrogen) atoms. The average Bonchev–Trinajstić information content (AvgIpc) is 2.46. The Kier molecular flexibility index (Phi) is 6.65. The third kappa shape index (κ3) is 4.63. The van der Waals surface area contributed by atoms with Gasteiger partial charge in [-0.3, -0.25) is 4.79 Å². The Morgan fingerprint density at radius 2 is 1.91 bits per heavy atom. The van der Waals surface area contributed by atoms with Crippen LogP contribution in [0.15, 0.2) is 29.4 Å². The summed E-state index contributed by atoms with van der Waals surface area (Å²) < 4.78 is 17.8. The van der Waals surface area contributed by atoms with E-state index in [1.807, 2.05) is 0 Å². The van der Waals surface area contributed by atoms with Crippen LogP contribution in [0.25, 0.3) is 0 Å². The van der Waals surface area contributed by atoms with Crippen molar-refractivity contribution >= 4 is 17.5 Å². The smallest absolute Gasteiger partial charge is 0.362 e. The second kappa shape index (κ2) is 8.23. The Labute approximate surface area is 128 Å². The molecule has 1 aromatic carbocycles. The molecule has 1 aromatic rings. The molecule has 2 N–H and O–H groups in total. The van der Waals surface area contributed by atoms with Crippen molar-refractivity contribution in [2.45, 2.75) is 12.8 Å². The number of likely N-dealkylation sites (N-methyl/N-ethyl adjacent to an activating group) is 1. The Morgan fingerprint density at radius 1 is 1.32 bits per heavy atom. The fourth-order valence-corrected chi connectivity index (χ4v) is 1.98. The highest BCUT2D eigenvalue weighted by atomic mass is 19.1. The highest BCUT2D eigenvalue weighted by Crippen LogP contribution is 2.19. The van der Waals surface area contributed by atoms with Crippen molar-refractivity contribution in [1.82, 2.24) is 4.90 Å². The summed E-state index contributed by atoms with van der Waals surface area (Å²) in [6.07, 6.45) is 0. The van der Waals surface area contributed by atoms with Crippen LogP contribution in [-0.2, 0) is 14.3 Å². The molecule has 0 heterocycles. The first-order chi connectivity index (χ1) is 10.4. The summed E-state index contributed by atoms with van der Waals surface area (Å²) in [6.45, 7) is 2.05. The van der Waals surface area contributed by atoms with Gasteiger partial charge in [0.05, 0.1) is 12.5 Å². The van der Waals surface area contributed by atoms with Gasteiger partial charge in [0.15, 0.2) is 5.78 Å². The number of carbonyl (C=O) groups is 2. The molecular weight excluding hydrogens is 289 g/mol. The van der Waals surface area contributed by atoms with E-state index in [1.165, 1.54) is 24.3 Å². The lowest BCUT2D eigenvalue weighted by Gasteiger charge is -2.20. The number of hydrogen-bond donors (Lipinski definition) is 1. The lowest BCUT2D eigenvalue weighted by molar-refractivity contribution is -0.135. The minimum atomic E-state index is -0.860. The van der Waals surface area contributed by atoms with Gasteiger partial charge in [-0.2, -0.15) is 5.10 Å². The standard InChI is InChI=1S/C15H20FN3O3/c1-4-22-15(21)13(18-17)14(20)12(9-19(2)3)10-5-7-11(16)8-6-10/h5-8,12H,4,9,17H2,1-3H3/b18-13+. The van der Waals surface area contributed by atoms with Crippen molar-refractivity contribution in [2.24, 2.45) is 10.9 Å². The Morgan fingerprint density at radius 3 is 2.36 bits per heavy atom. The highest BCUT2D eigenvalue weighted by Gasteiger charge is 2.31. The molecule has 1 rings (SSSR count). The summed E-state index contributed by atoms with van der Waals surface area (Å²) in [6, 6.07) is 5.52. The van der Waals surface area contributed by atoms with Crippen molar-refractivity contribution in [1.29, 1.82) is 0 Å². The number of ether oxygens (including phenoxy) is 1. The van der Waals surface area contributed by atoms with Crippen LogP contribution in [0, 0.1) is 5.82 Å². The number of hydrogen-bond acceptors (Lipinski definition) is 6. The van der Waals surface area contributed by atoms with Crippen LogP contribution in [0.5, 0.6) is 0 Å². The van der Waals surface area contributed by atoms with Crippen LogP contribution in [0.1, 0.15) is 18.4 Å². The van der Waals surface area contributed by atoms with E-state index in [9.17, 15) is 14.0 Å². The molecule has 0 radical (unpaired) electrons. The zero-order valence-corrected chi connectivity index (χ0v) is 12.9. The molecule has 6 nitrogen and oxygen atoms in total. The number of esters is 1. The van der Waals surface area contributed by atoms with Crippen molar-refractivity contribution in [3.8, 4) is 0 Å². The van der Waals surface area contributed by atoms with Crippen molar-refractivity contribution in [2.75, 3.05) is 27.2 Å². The molecule has 0 aliphatic carbocycles. The first-order valence-electron chi connectivity index (χ1n) is 6.80. The van der Waals surface area contributed by atoms with E-state index < -0.39 is 29.2 Å². The topological polar surface area (TPSA) is 85.0 Å². The first-order valence-corrected chi connectivity index (χ1v) is 6.80. The van der Waals surface area contributed by atoms with E-state index in [1.54, 1.807) is 25.9 Å². The molecule has 0 saturated carbocycles. The third-order valence-corrected chi connectivity index (χ3v) is 2.97. The van der Waals surface area contributed by atoms with E-state index in [0.29, 0.717) is 12.1 Å². The molecule has 0 aliphatic heterocycles. The number of benzene rings is 1. The van der Waals surface area contributed by atoms with E-state index in [-0.39, 0.29) is 6.61 Å². The van der Waals surface area contributed by atoms with E-state index in [2.05, 4.69) is 5.10 Å². The molecule has 120 valence electrons. The number of nitrogens with zero attached hydrogens (tertiary/aromatic N) is 2. The second-order valence-electron chi connectivity index (χ2n) is 4.93. The number of ketones is 1. The van der Waals surface area contributed by atoms with Gasteiger partial charge in [0.1, 0.15) is 5.82 Å². The molecule has 1 unspecified atom stereocenters. The number of nitrogens with two attached hydrogens (primary N) is 1. The van der Waals surface area contributed by atoms with Gasteiger partial charge >= 0.3 is 5.97 Å². The van der Waals surface area contributed by atoms with Crippen LogP contribution < -0.4 is 5.84 Å². The van der Waals surface area contributed by atoms with E-state index in [0.717, 1.165) is 0 Å². The first kappa shape index (κ1) is 17.8. The van der Waals surface area contributed by atoms with Gasteiger partial charge in [-0.25, -0.2) is 9.18 Å². The zero-order chi connectivity index (χ0) is 16.7. The summed E-state index contributed by atoms with van der Waals surface area (Å²) in [5.41, 5.74) is 0.128. The summed E-state index contributed by atoms with van der Waals surface area (Å²) in [4.78, 5) is 26.1. The summed E-state index contributed by atoms with van der Waals surface area (Å²) >= 11 is 0. The number of halogens is 1. The molecule has 0 aliphatic rings. The third-order valence-electron chi connectivity index (χ3n) is 2.97. The fraction of sp³-hybridized carbons (Fsp3) is 0.400. The number of carbonyl (C=O) groups excluding carboxylic acids is 2. The van der Waals surface area contributed by atoms with Crippen LogP contribution >= 0.6 is 0 Å². The van der Waals surface area contributed by atoms with Gasteiger partial charge in [0, 0.05) is 6.54 Å². The van der Waals surface area contributed by atoms with Crippen LogP contribution in [-0.4, -0.2) is 49.6 Å². The molecule has 0 aromatic heterocycles. The number of rotatable bonds is 7. The zero-order valence-electron chi connectivity index (χ0n) is 12.9. The maximum atomic E-state index is 13.1. The van der Waals surface area contributed by atoms with Crippen molar-refractivity contribution in [3.63, 3.8) is 0 Å². The second-order valence-corrected chi connectivity index (χ2v) is 4.93. The maximum absolute atomic E-state index is 13.1. The van der Waals surface area contributed by atoms with E-state index in [4.69, 9.17) is 10.6 Å². The normalized spacial score (nSPS) is 13.0. The van der Waals surface area contributed by atoms with Gasteiger partial charge in [0.2, 0.25) is 5.71 Å². The fourth-order valence-electron chi connectivity index (χ4n) is 1.98. The van der Waals surface area contributed by atoms with Gasteiger partial charge in [-0.15, -0.1) is 0 Å². The Hall–Kier alpha value is -2.28. The minimum Gasteiger partial charge on any atom is -0.461 e. The molecular formula is C15H20FN3O3. The lowest BCUT2D eigenvalue weighted by atomic mass is 9.91. The predicted octanol–water partition coefficient (Wildman–Crippen LogP) is 0.918. The van der Waals surface area contributed by atoms with E-state index >= 15 is 0 Å². The van der Waals surface area contributed by atoms with Gasteiger partial charge in [0.25, 0.3) is 0 Å². The molecule has 0 amide bonds. The summed E-state index contributed by atoms with van der Waals surface area (Å²) in [7, 11) is 3.57. The maximum Gasteiger partial charge on any atom is 0.362 e. The quantitative estimate of drug-likeness (QED) is 0.266. The monoisotopic (exact) mass is 309 g/mol. The van der Waals surface area contributed by atoms with Crippen molar-refractivity contribution < 1.29 is 18.7 Å². The van der Waals surface area contributed by atoms with Crippen LogP contribution in [0.2, 0.25) is 0 Å². The predicted molar refractivity (Wildman–Crippen MR) is 81.0 cm³/mol. The largest absolute Gasteiger partial charge is 0.461 e. The number of Topliss-reactive ketones (excluding diaryl/α,β-unsaturated/α-hetero) is 1. The Bertz CT molecular complexity index is 556. The molecule has 1 atom stereocenters. The molecule has 0 saturated heterocycles. The van der Waals surface area contributed by atoms with Crippen molar-refractivity contribution in [3.05, 3.63) is 35.6 Å². The van der Waals surface area contributed by atoms with Gasteiger partial charge in [-0.1, -0.05) is 12.1 Å². The molecule has 7 heteroatoms. The molecule has 0 fully saturated rings. The summed E-state index contributed by atoms with van der Waals surface area (Å²) in [5.74, 6) is 2.66. The van der Waals surface area contributed by atoms with Gasteiger partial charge < -0.3 is 15.5 Å². The SMILES string of the molecule is CCOC(=O)/C(=N/N)C(=O)C(CN(C)C)c1ccc(F)cc1. The van der Waals surface area contributed by atoms with Crippen LogP contribution in [0.3, 0.4) is 0 Å². The number of hydrazone groups is 1. The summed E-state index contributed by atoms with van der Waals surface area (Å²) in [5, 5.41) is 3.28. The minimum absolute atomic E-state index is 0.111. The highest BCUT2D eigenvalue weighted by molar-refractivity contribution is 6.65.